The second-order valence-electron chi connectivity index (χ2n) is 7.38. The van der Waals surface area contributed by atoms with Crippen LogP contribution < -0.4 is 0 Å². The molecule has 0 aromatic carbocycles. The third kappa shape index (κ3) is 2.99. The molecule has 3 heteroatoms. The summed E-state index contributed by atoms with van der Waals surface area (Å²) >= 11 is 0. The Morgan fingerprint density at radius 2 is 1.67 bits per heavy atom. The normalized spacial score (nSPS) is 31.9. The smallest absolute Gasteiger partial charge is 0.410 e. The first-order valence-corrected chi connectivity index (χ1v) is 7.24. The Bertz CT molecular complexity index is 305. The Morgan fingerprint density at radius 3 is 2.06 bits per heavy atom. The Hall–Kier alpha value is -0.730. The van der Waals surface area contributed by atoms with Crippen LogP contribution in [0.3, 0.4) is 0 Å². The van der Waals surface area contributed by atoms with E-state index in [9.17, 15) is 4.79 Å². The summed E-state index contributed by atoms with van der Waals surface area (Å²) in [6.45, 7) is 12.2. The molecule has 2 fully saturated rings. The number of nitrogens with zero attached hydrogens (tertiary/aromatic N) is 1. The van der Waals surface area contributed by atoms with Gasteiger partial charge in [0.1, 0.15) is 5.60 Å². The third-order valence-electron chi connectivity index (χ3n) is 4.38. The lowest BCUT2D eigenvalue weighted by Gasteiger charge is -2.25. The number of carbonyl (C=O) groups is 1. The number of likely N-dealkylation sites (tertiary alicyclic amines) is 1. The van der Waals surface area contributed by atoms with Gasteiger partial charge in [-0.2, -0.15) is 0 Å². The van der Waals surface area contributed by atoms with Gasteiger partial charge in [0.05, 0.1) is 0 Å². The lowest BCUT2D eigenvalue weighted by Crippen LogP contribution is -2.36. The molecule has 1 amide bonds. The van der Waals surface area contributed by atoms with Crippen molar-refractivity contribution < 1.29 is 9.53 Å². The minimum Gasteiger partial charge on any atom is -0.444 e. The molecule has 1 aliphatic heterocycles. The van der Waals surface area contributed by atoms with Crippen molar-refractivity contribution in [3.63, 3.8) is 0 Å². The van der Waals surface area contributed by atoms with Gasteiger partial charge < -0.3 is 9.64 Å². The number of rotatable bonds is 1. The topological polar surface area (TPSA) is 29.5 Å². The van der Waals surface area contributed by atoms with E-state index in [1.165, 1.54) is 12.8 Å². The molecule has 0 aromatic heterocycles. The van der Waals surface area contributed by atoms with Crippen LogP contribution in [0.4, 0.5) is 4.79 Å². The van der Waals surface area contributed by atoms with Gasteiger partial charge in [0, 0.05) is 13.1 Å². The van der Waals surface area contributed by atoms with Crippen molar-refractivity contribution in [3.05, 3.63) is 0 Å². The summed E-state index contributed by atoms with van der Waals surface area (Å²) in [6.07, 6.45) is 2.46. The van der Waals surface area contributed by atoms with E-state index in [2.05, 4.69) is 13.8 Å². The summed E-state index contributed by atoms with van der Waals surface area (Å²) in [5, 5.41) is 0. The number of hydrogen-bond acceptors (Lipinski definition) is 2. The molecular weight excluding hydrogens is 226 g/mol. The zero-order chi connectivity index (χ0) is 13.5. The Morgan fingerprint density at radius 1 is 1.17 bits per heavy atom. The summed E-state index contributed by atoms with van der Waals surface area (Å²) in [5.41, 5.74) is -0.380. The van der Waals surface area contributed by atoms with Gasteiger partial charge in [-0.1, -0.05) is 13.8 Å². The summed E-state index contributed by atoms with van der Waals surface area (Å²) < 4.78 is 5.45. The van der Waals surface area contributed by atoms with Crippen molar-refractivity contribution >= 4 is 6.09 Å². The molecule has 104 valence electrons. The number of amides is 1. The summed E-state index contributed by atoms with van der Waals surface area (Å²) in [5.74, 6) is 3.07. The highest BCUT2D eigenvalue weighted by Crippen LogP contribution is 2.44. The number of fused-ring (bicyclic) bond motifs is 1. The number of carbonyl (C=O) groups excluding carboxylic acids is 1. The van der Waals surface area contributed by atoms with Crippen LogP contribution in [-0.2, 0) is 4.74 Å². The molecule has 18 heavy (non-hydrogen) atoms. The maximum atomic E-state index is 12.0. The second kappa shape index (κ2) is 4.75. The van der Waals surface area contributed by atoms with Gasteiger partial charge in [-0.3, -0.25) is 0 Å². The van der Waals surface area contributed by atoms with Gasteiger partial charge >= 0.3 is 6.09 Å². The fourth-order valence-electron chi connectivity index (χ4n) is 3.37. The highest BCUT2D eigenvalue weighted by molar-refractivity contribution is 5.68. The fourth-order valence-corrected chi connectivity index (χ4v) is 3.37. The molecule has 0 aromatic rings. The van der Waals surface area contributed by atoms with E-state index in [0.717, 1.165) is 24.9 Å². The standard InChI is InChI=1S/C15H27NO2/c1-10(2)11-6-12-8-16(9-13(12)7-11)14(17)18-15(3,4)5/h10-13H,6-9H2,1-5H3/t11?,12-,13+. The van der Waals surface area contributed by atoms with E-state index in [1.807, 2.05) is 25.7 Å². The molecule has 0 radical (unpaired) electrons. The first-order chi connectivity index (χ1) is 8.26. The molecule has 2 rings (SSSR count). The van der Waals surface area contributed by atoms with Gasteiger partial charge in [-0.05, 0) is 57.3 Å². The van der Waals surface area contributed by atoms with E-state index < -0.39 is 0 Å². The highest BCUT2D eigenvalue weighted by atomic mass is 16.6. The second-order valence-corrected chi connectivity index (χ2v) is 7.38. The Kier molecular flexibility index (Phi) is 3.61. The molecule has 1 unspecified atom stereocenters. The van der Waals surface area contributed by atoms with Gasteiger partial charge in [0.25, 0.3) is 0 Å². The molecule has 3 nitrogen and oxygen atoms in total. The average Bonchev–Trinajstić information content (AvgIpc) is 2.69. The summed E-state index contributed by atoms with van der Waals surface area (Å²) in [6, 6.07) is 0. The van der Waals surface area contributed by atoms with Crippen LogP contribution in [0.25, 0.3) is 0 Å². The molecule has 0 N–H and O–H groups in total. The lowest BCUT2D eigenvalue weighted by atomic mass is 9.93. The van der Waals surface area contributed by atoms with E-state index >= 15 is 0 Å². The SMILES string of the molecule is CC(C)C1C[C@@H]2CN(C(=O)OC(C)(C)C)C[C@@H]2C1. The zero-order valence-electron chi connectivity index (χ0n) is 12.4. The number of ether oxygens (including phenoxy) is 1. The van der Waals surface area contributed by atoms with E-state index in [0.29, 0.717) is 11.8 Å². The molecule has 1 aliphatic carbocycles. The van der Waals surface area contributed by atoms with Crippen molar-refractivity contribution in [2.45, 2.75) is 53.1 Å². The van der Waals surface area contributed by atoms with Gasteiger partial charge in [-0.25, -0.2) is 4.79 Å². The van der Waals surface area contributed by atoms with E-state index in [4.69, 9.17) is 4.74 Å². The predicted octanol–water partition coefficient (Wildman–Crippen LogP) is 3.54. The molecule has 0 spiro atoms. The van der Waals surface area contributed by atoms with Gasteiger partial charge in [0.15, 0.2) is 0 Å². The first-order valence-electron chi connectivity index (χ1n) is 7.24. The van der Waals surface area contributed by atoms with Crippen molar-refractivity contribution in [1.82, 2.24) is 4.90 Å². The quantitative estimate of drug-likeness (QED) is 0.715. The van der Waals surface area contributed by atoms with Crippen LogP contribution in [-0.4, -0.2) is 29.7 Å². The largest absolute Gasteiger partial charge is 0.444 e. The first kappa shape index (κ1) is 13.7. The molecular formula is C15H27NO2. The Balaban J connectivity index is 1.87. The number of hydrogen-bond donors (Lipinski definition) is 0. The fraction of sp³-hybridized carbons (Fsp3) is 0.933. The average molecular weight is 253 g/mol. The molecule has 1 saturated heterocycles. The maximum Gasteiger partial charge on any atom is 0.410 e. The molecule has 2 aliphatic rings. The van der Waals surface area contributed by atoms with E-state index in [1.54, 1.807) is 0 Å². The van der Waals surface area contributed by atoms with Crippen molar-refractivity contribution in [3.8, 4) is 0 Å². The van der Waals surface area contributed by atoms with Crippen molar-refractivity contribution in [2.24, 2.45) is 23.7 Å². The Labute approximate surface area is 111 Å². The molecule has 1 saturated carbocycles. The van der Waals surface area contributed by atoms with Crippen LogP contribution in [0.15, 0.2) is 0 Å². The van der Waals surface area contributed by atoms with Crippen LogP contribution >= 0.6 is 0 Å². The summed E-state index contributed by atoms with van der Waals surface area (Å²) in [7, 11) is 0. The van der Waals surface area contributed by atoms with Crippen LogP contribution in [0.5, 0.6) is 0 Å². The highest BCUT2D eigenvalue weighted by Gasteiger charge is 2.43. The van der Waals surface area contributed by atoms with Gasteiger partial charge in [-0.15, -0.1) is 0 Å². The third-order valence-corrected chi connectivity index (χ3v) is 4.38. The molecule has 3 atom stereocenters. The summed E-state index contributed by atoms with van der Waals surface area (Å²) in [4.78, 5) is 13.9. The monoisotopic (exact) mass is 253 g/mol. The van der Waals surface area contributed by atoms with Crippen LogP contribution in [0.2, 0.25) is 0 Å². The van der Waals surface area contributed by atoms with Crippen LogP contribution in [0, 0.1) is 23.7 Å². The minimum absolute atomic E-state index is 0.127. The van der Waals surface area contributed by atoms with Crippen molar-refractivity contribution in [2.75, 3.05) is 13.1 Å². The zero-order valence-corrected chi connectivity index (χ0v) is 12.4. The maximum absolute atomic E-state index is 12.0. The van der Waals surface area contributed by atoms with Crippen molar-refractivity contribution in [1.29, 1.82) is 0 Å². The molecule has 1 heterocycles. The predicted molar refractivity (Wildman–Crippen MR) is 72.3 cm³/mol. The van der Waals surface area contributed by atoms with Gasteiger partial charge in [0.2, 0.25) is 0 Å². The van der Waals surface area contributed by atoms with Crippen LogP contribution in [0.1, 0.15) is 47.5 Å². The lowest BCUT2D eigenvalue weighted by molar-refractivity contribution is 0.0276. The van der Waals surface area contributed by atoms with E-state index in [-0.39, 0.29) is 11.7 Å². The minimum atomic E-state index is -0.380. The molecule has 0 bridgehead atoms.